The minimum Gasteiger partial charge on any atom is -0.496 e. The predicted molar refractivity (Wildman–Crippen MR) is 120 cm³/mol. The average Bonchev–Trinajstić information content (AvgIpc) is 2.99. The molecule has 9 heteroatoms. The zero-order valence-electron chi connectivity index (χ0n) is 16.0. The summed E-state index contributed by atoms with van der Waals surface area (Å²) in [5.74, 6) is -1.19. The van der Waals surface area contributed by atoms with Crippen molar-refractivity contribution in [3.8, 4) is 5.75 Å². The number of amides is 2. The van der Waals surface area contributed by atoms with E-state index in [1.165, 1.54) is 17.0 Å². The summed E-state index contributed by atoms with van der Waals surface area (Å²) in [7, 11) is 1.55. The third-order valence-electron chi connectivity index (χ3n) is 4.29. The molecule has 1 heterocycles. The molecule has 1 aliphatic rings. The molecule has 3 rings (SSSR count). The van der Waals surface area contributed by atoms with E-state index in [-0.39, 0.29) is 30.1 Å². The van der Waals surface area contributed by atoms with Crippen molar-refractivity contribution in [1.82, 2.24) is 4.90 Å². The average molecular weight is 443 g/mol. The van der Waals surface area contributed by atoms with Crippen LogP contribution in [0, 0.1) is 0 Å². The number of nitrogens with zero attached hydrogens (tertiary/aromatic N) is 1. The normalized spacial score (nSPS) is 14.8. The fourth-order valence-electron chi connectivity index (χ4n) is 2.82. The van der Waals surface area contributed by atoms with E-state index in [0.29, 0.717) is 15.0 Å². The quantitative estimate of drug-likeness (QED) is 0.499. The fourth-order valence-corrected chi connectivity index (χ4v) is 4.12. The highest BCUT2D eigenvalue weighted by Gasteiger charge is 2.32. The Hall–Kier alpha value is -3.17. The Morgan fingerprint density at radius 1 is 1.20 bits per heavy atom. The number of benzene rings is 2. The van der Waals surface area contributed by atoms with Gasteiger partial charge in [0.1, 0.15) is 10.1 Å². The number of thiocarbonyl (C=S) groups is 1. The molecule has 7 nitrogen and oxygen atoms in total. The summed E-state index contributed by atoms with van der Waals surface area (Å²) in [6.07, 6.45) is 1.68. The first-order valence-electron chi connectivity index (χ1n) is 8.91. The smallest absolute Gasteiger partial charge is 0.337 e. The molecular weight excluding hydrogens is 424 g/mol. The van der Waals surface area contributed by atoms with E-state index in [1.807, 2.05) is 18.2 Å². The van der Waals surface area contributed by atoms with Gasteiger partial charge in [-0.25, -0.2) is 4.79 Å². The van der Waals surface area contributed by atoms with Gasteiger partial charge >= 0.3 is 5.97 Å². The molecule has 0 aromatic heterocycles. The first-order chi connectivity index (χ1) is 14.4. The number of carboxylic acid groups (broad SMARTS) is 1. The number of hydrogen-bond donors (Lipinski definition) is 2. The largest absolute Gasteiger partial charge is 0.496 e. The number of thioether (sulfide) groups is 1. The topological polar surface area (TPSA) is 95.9 Å². The molecule has 0 saturated carbocycles. The molecule has 2 N–H and O–H groups in total. The summed E-state index contributed by atoms with van der Waals surface area (Å²) in [5, 5.41) is 11.8. The highest BCUT2D eigenvalue weighted by Crippen LogP contribution is 2.34. The Balaban J connectivity index is 1.66. The first kappa shape index (κ1) is 21.5. The van der Waals surface area contributed by atoms with Crippen LogP contribution < -0.4 is 10.1 Å². The fraction of sp³-hybridized carbons (Fsp3) is 0.143. The second-order valence-electron chi connectivity index (χ2n) is 6.22. The van der Waals surface area contributed by atoms with Gasteiger partial charge in [-0.3, -0.25) is 14.5 Å². The van der Waals surface area contributed by atoms with Crippen molar-refractivity contribution in [2.75, 3.05) is 19.0 Å². The molecule has 1 aliphatic heterocycles. The van der Waals surface area contributed by atoms with E-state index < -0.39 is 11.9 Å². The standard InChI is InChI=1S/C21H18N2O5S2/c1-28-16-9-5-2-6-13(16)12-17-19(25)23(21(29)30-17)11-10-18(24)22-15-8-4-3-7-14(15)20(26)27/h2-9,12H,10-11H2,1H3,(H,22,24)(H,26,27). The van der Waals surface area contributed by atoms with Gasteiger partial charge < -0.3 is 15.2 Å². The summed E-state index contributed by atoms with van der Waals surface area (Å²) >= 11 is 6.46. The number of nitrogens with one attached hydrogen (secondary N) is 1. The molecule has 1 saturated heterocycles. The lowest BCUT2D eigenvalue weighted by Crippen LogP contribution is -2.31. The molecule has 0 aliphatic carbocycles. The van der Waals surface area contributed by atoms with Gasteiger partial charge in [0.2, 0.25) is 5.91 Å². The van der Waals surface area contributed by atoms with E-state index in [2.05, 4.69) is 5.32 Å². The molecule has 2 aromatic rings. The maximum absolute atomic E-state index is 12.7. The second-order valence-corrected chi connectivity index (χ2v) is 7.90. The van der Waals surface area contributed by atoms with E-state index in [0.717, 1.165) is 17.3 Å². The minimum absolute atomic E-state index is 0.00352. The molecule has 0 spiro atoms. The summed E-state index contributed by atoms with van der Waals surface area (Å²) in [5.41, 5.74) is 0.955. The summed E-state index contributed by atoms with van der Waals surface area (Å²) in [4.78, 5) is 38.1. The third kappa shape index (κ3) is 4.87. The lowest BCUT2D eigenvalue weighted by atomic mass is 10.1. The number of hydrogen-bond acceptors (Lipinski definition) is 6. The Morgan fingerprint density at radius 2 is 1.90 bits per heavy atom. The van der Waals surface area contributed by atoms with Gasteiger partial charge in [-0.2, -0.15) is 0 Å². The number of carbonyl (C=O) groups is 3. The molecule has 0 radical (unpaired) electrons. The predicted octanol–water partition coefficient (Wildman–Crippen LogP) is 3.62. The molecule has 1 fully saturated rings. The number of carboxylic acids is 1. The van der Waals surface area contributed by atoms with Crippen molar-refractivity contribution >= 4 is 57.8 Å². The van der Waals surface area contributed by atoms with E-state index in [1.54, 1.807) is 31.4 Å². The Labute approximate surface area is 182 Å². The number of methoxy groups -OCH3 is 1. The summed E-state index contributed by atoms with van der Waals surface area (Å²) in [6, 6.07) is 13.4. The van der Waals surface area contributed by atoms with Crippen molar-refractivity contribution in [2.24, 2.45) is 0 Å². The molecule has 0 unspecified atom stereocenters. The van der Waals surface area contributed by atoms with Crippen LogP contribution in [0.15, 0.2) is 53.4 Å². The van der Waals surface area contributed by atoms with Gasteiger partial charge in [-0.1, -0.05) is 54.3 Å². The van der Waals surface area contributed by atoms with Crippen LogP contribution >= 0.6 is 24.0 Å². The van der Waals surface area contributed by atoms with Crippen LogP contribution in [0.2, 0.25) is 0 Å². The van der Waals surface area contributed by atoms with Gasteiger partial charge in [0, 0.05) is 18.5 Å². The van der Waals surface area contributed by atoms with Gasteiger partial charge in [-0.15, -0.1) is 0 Å². The maximum atomic E-state index is 12.7. The van der Waals surface area contributed by atoms with E-state index in [4.69, 9.17) is 17.0 Å². The number of para-hydroxylation sites is 2. The molecule has 0 bridgehead atoms. The third-order valence-corrected chi connectivity index (χ3v) is 5.67. The number of rotatable bonds is 7. The van der Waals surface area contributed by atoms with Crippen LogP contribution in [0.1, 0.15) is 22.3 Å². The molecule has 30 heavy (non-hydrogen) atoms. The van der Waals surface area contributed by atoms with Gasteiger partial charge in [0.15, 0.2) is 0 Å². The van der Waals surface area contributed by atoms with Crippen molar-refractivity contribution in [2.45, 2.75) is 6.42 Å². The highest BCUT2D eigenvalue weighted by atomic mass is 32.2. The summed E-state index contributed by atoms with van der Waals surface area (Å²) in [6.45, 7) is 0.0923. The van der Waals surface area contributed by atoms with Gasteiger partial charge in [0.05, 0.1) is 23.3 Å². The zero-order chi connectivity index (χ0) is 21.7. The van der Waals surface area contributed by atoms with Crippen molar-refractivity contribution < 1.29 is 24.2 Å². The van der Waals surface area contributed by atoms with Crippen LogP contribution in [0.3, 0.4) is 0 Å². The molecule has 2 aromatic carbocycles. The van der Waals surface area contributed by atoms with Crippen molar-refractivity contribution in [3.63, 3.8) is 0 Å². The van der Waals surface area contributed by atoms with Crippen LogP contribution in [0.4, 0.5) is 5.69 Å². The first-order valence-corrected chi connectivity index (χ1v) is 10.1. The van der Waals surface area contributed by atoms with E-state index in [9.17, 15) is 19.5 Å². The van der Waals surface area contributed by atoms with Crippen LogP contribution in [0.5, 0.6) is 5.75 Å². The van der Waals surface area contributed by atoms with Crippen molar-refractivity contribution in [1.29, 1.82) is 0 Å². The maximum Gasteiger partial charge on any atom is 0.337 e. The van der Waals surface area contributed by atoms with Crippen LogP contribution in [0.25, 0.3) is 6.08 Å². The number of ether oxygens (including phenoxy) is 1. The Bertz CT molecular complexity index is 1050. The molecule has 154 valence electrons. The Kier molecular flexibility index (Phi) is 6.86. The minimum atomic E-state index is -1.13. The molecule has 2 amide bonds. The Morgan fingerprint density at radius 3 is 2.63 bits per heavy atom. The zero-order valence-corrected chi connectivity index (χ0v) is 17.6. The van der Waals surface area contributed by atoms with Crippen LogP contribution in [-0.4, -0.2) is 45.8 Å². The molecule has 0 atom stereocenters. The number of aromatic carboxylic acids is 1. The van der Waals surface area contributed by atoms with Crippen molar-refractivity contribution in [3.05, 3.63) is 64.6 Å². The van der Waals surface area contributed by atoms with E-state index >= 15 is 0 Å². The van der Waals surface area contributed by atoms with Crippen LogP contribution in [-0.2, 0) is 9.59 Å². The lowest BCUT2D eigenvalue weighted by Gasteiger charge is -2.14. The van der Waals surface area contributed by atoms with Gasteiger partial charge in [0.25, 0.3) is 5.91 Å². The second kappa shape index (κ2) is 9.55. The monoisotopic (exact) mass is 442 g/mol. The van der Waals surface area contributed by atoms with Gasteiger partial charge in [-0.05, 0) is 24.3 Å². The summed E-state index contributed by atoms with van der Waals surface area (Å²) < 4.78 is 5.66. The highest BCUT2D eigenvalue weighted by molar-refractivity contribution is 8.26. The lowest BCUT2D eigenvalue weighted by molar-refractivity contribution is -0.122. The number of carbonyl (C=O) groups excluding carboxylic acids is 2. The number of anilines is 1. The molecular formula is C21H18N2O5S2. The SMILES string of the molecule is COc1ccccc1C=C1SC(=S)N(CCC(=O)Nc2ccccc2C(=O)O)C1=O.